The van der Waals surface area contributed by atoms with Crippen LogP contribution >= 0.6 is 11.3 Å². The standard InChI is InChI=1S/C65H55BN4S/c1-42-37-56-60-57(38-42)70-61-51-33-32-50(67(45-22-12-8-13-23-45)46-24-14-9-15-25-46)41-58(51)71-63(61)59-54(68(47-26-16-10-17-27-47)48-28-18-11-19-29-48)36-35-53(62(59)70)66(60)52-34-31-44(65(5,6)7)40-55(52)69(56)49-30-20-21-43(39-49)64(2,3)4/h8-41H,1-7H3. The lowest BCUT2D eigenvalue weighted by atomic mass is 9.33. The summed E-state index contributed by atoms with van der Waals surface area (Å²) in [6.45, 7) is 16.2. The predicted molar refractivity (Wildman–Crippen MR) is 307 cm³/mol. The first kappa shape index (κ1) is 43.2. The minimum absolute atomic E-state index is 0.00444. The van der Waals surface area contributed by atoms with E-state index < -0.39 is 0 Å². The highest BCUT2D eigenvalue weighted by molar-refractivity contribution is 7.27. The summed E-state index contributed by atoms with van der Waals surface area (Å²) in [6.07, 6.45) is 0. The Morgan fingerprint density at radius 3 is 1.62 bits per heavy atom. The number of nitrogens with zero attached hydrogens (tertiary/aromatic N) is 4. The number of benzene rings is 9. The van der Waals surface area contributed by atoms with Gasteiger partial charge < -0.3 is 19.3 Å². The molecule has 0 N–H and O–H groups in total. The van der Waals surface area contributed by atoms with E-state index in [1.165, 1.54) is 92.7 Å². The lowest BCUT2D eigenvalue weighted by Crippen LogP contribution is -2.60. The first-order valence-electron chi connectivity index (χ1n) is 25.0. The van der Waals surface area contributed by atoms with Gasteiger partial charge in [0.25, 0.3) is 6.71 Å². The highest BCUT2D eigenvalue weighted by Gasteiger charge is 2.44. The molecule has 11 aromatic rings. The van der Waals surface area contributed by atoms with Crippen LogP contribution < -0.4 is 31.1 Å². The van der Waals surface area contributed by atoms with Gasteiger partial charge in [-0.15, -0.1) is 11.3 Å². The maximum Gasteiger partial charge on any atom is 0.252 e. The van der Waals surface area contributed by atoms with E-state index in [9.17, 15) is 0 Å². The molecular formula is C65H55BN4S. The monoisotopic (exact) mass is 934 g/mol. The van der Waals surface area contributed by atoms with Crippen molar-refractivity contribution in [3.63, 3.8) is 0 Å². The third kappa shape index (κ3) is 6.87. The van der Waals surface area contributed by atoms with Crippen molar-refractivity contribution in [2.75, 3.05) is 14.7 Å². The van der Waals surface area contributed by atoms with Crippen LogP contribution in [0.2, 0.25) is 0 Å². The largest absolute Gasteiger partial charge is 0.311 e. The van der Waals surface area contributed by atoms with E-state index in [2.05, 4.69) is 274 Å². The van der Waals surface area contributed by atoms with Crippen molar-refractivity contribution in [1.29, 1.82) is 0 Å². The van der Waals surface area contributed by atoms with Crippen LogP contribution in [0.15, 0.2) is 206 Å². The van der Waals surface area contributed by atoms with E-state index in [4.69, 9.17) is 0 Å². The molecule has 0 bridgehead atoms. The summed E-state index contributed by atoms with van der Waals surface area (Å²) in [5, 5.41) is 2.53. The zero-order valence-electron chi connectivity index (χ0n) is 41.4. The molecule has 4 nitrogen and oxygen atoms in total. The molecule has 0 aliphatic carbocycles. The van der Waals surface area contributed by atoms with Gasteiger partial charge in [-0.05, 0) is 154 Å². The average molecular weight is 935 g/mol. The number of thiophene rings is 1. The smallest absolute Gasteiger partial charge is 0.252 e. The molecule has 0 saturated carbocycles. The third-order valence-corrected chi connectivity index (χ3v) is 16.0. The van der Waals surface area contributed by atoms with Crippen molar-refractivity contribution in [3.8, 4) is 5.69 Å². The molecule has 0 saturated heterocycles. The molecule has 0 atom stereocenters. The number of hydrogen-bond acceptors (Lipinski definition) is 4. The molecule has 0 radical (unpaired) electrons. The van der Waals surface area contributed by atoms with Gasteiger partial charge in [-0.1, -0.05) is 145 Å². The second-order valence-electron chi connectivity index (χ2n) is 21.5. The van der Waals surface area contributed by atoms with Crippen molar-refractivity contribution in [2.24, 2.45) is 0 Å². The van der Waals surface area contributed by atoms with Crippen molar-refractivity contribution in [2.45, 2.75) is 59.3 Å². The average Bonchev–Trinajstić information content (AvgIpc) is 3.91. The fourth-order valence-electron chi connectivity index (χ4n) is 11.5. The van der Waals surface area contributed by atoms with Gasteiger partial charge in [-0.2, -0.15) is 0 Å². The summed E-state index contributed by atoms with van der Waals surface area (Å²) < 4.78 is 5.21. The topological polar surface area (TPSA) is 14.7 Å². The number of rotatable bonds is 7. The van der Waals surface area contributed by atoms with Crippen LogP contribution in [-0.2, 0) is 10.8 Å². The maximum absolute atomic E-state index is 2.67. The van der Waals surface area contributed by atoms with Crippen molar-refractivity contribution in [1.82, 2.24) is 4.57 Å². The van der Waals surface area contributed by atoms with Crippen LogP contribution in [0.5, 0.6) is 0 Å². The summed E-state index contributed by atoms with van der Waals surface area (Å²) in [5.41, 5.74) is 22.1. The molecule has 0 unspecified atom stereocenters. The number of aromatic nitrogens is 1. The van der Waals surface area contributed by atoms with Crippen LogP contribution in [0.4, 0.5) is 51.2 Å². The summed E-state index contributed by atoms with van der Waals surface area (Å²) >= 11 is 1.92. The number of fused-ring (bicyclic) bond motifs is 9. The maximum atomic E-state index is 2.67. The lowest BCUT2D eigenvalue weighted by Gasteiger charge is -2.41. The van der Waals surface area contributed by atoms with E-state index in [1.807, 2.05) is 11.3 Å². The zero-order valence-corrected chi connectivity index (χ0v) is 42.2. The van der Waals surface area contributed by atoms with E-state index >= 15 is 0 Å². The molecule has 13 rings (SSSR count). The summed E-state index contributed by atoms with van der Waals surface area (Å²) in [4.78, 5) is 7.44. The van der Waals surface area contributed by atoms with Crippen LogP contribution in [0, 0.1) is 6.92 Å². The Bertz CT molecular complexity index is 3780. The Morgan fingerprint density at radius 1 is 0.451 bits per heavy atom. The van der Waals surface area contributed by atoms with E-state index in [-0.39, 0.29) is 17.5 Å². The normalized spacial score (nSPS) is 12.9. The van der Waals surface area contributed by atoms with Gasteiger partial charge in [0.2, 0.25) is 0 Å². The minimum Gasteiger partial charge on any atom is -0.311 e. The van der Waals surface area contributed by atoms with Gasteiger partial charge in [0.05, 0.1) is 21.4 Å². The van der Waals surface area contributed by atoms with Crippen LogP contribution in [-0.4, -0.2) is 11.3 Å². The summed E-state index contributed by atoms with van der Waals surface area (Å²) in [7, 11) is 0. The van der Waals surface area contributed by atoms with Crippen LogP contribution in [0.1, 0.15) is 58.2 Å². The molecule has 71 heavy (non-hydrogen) atoms. The van der Waals surface area contributed by atoms with Gasteiger partial charge in [-0.3, -0.25) is 0 Å². The Morgan fingerprint density at radius 2 is 1.01 bits per heavy atom. The summed E-state index contributed by atoms with van der Waals surface area (Å²) in [5.74, 6) is 0. The Hall–Kier alpha value is -7.80. The Labute approximate surface area is 421 Å². The minimum atomic E-state index is -0.0367. The highest BCUT2D eigenvalue weighted by Crippen LogP contribution is 2.51. The number of hydrogen-bond donors (Lipinski definition) is 0. The van der Waals surface area contributed by atoms with Gasteiger partial charge in [0, 0.05) is 66.7 Å². The van der Waals surface area contributed by atoms with Gasteiger partial charge >= 0.3 is 0 Å². The Balaban J connectivity index is 1.15. The fourth-order valence-corrected chi connectivity index (χ4v) is 12.8. The van der Waals surface area contributed by atoms with Crippen molar-refractivity contribution < 1.29 is 0 Å². The third-order valence-electron chi connectivity index (χ3n) is 14.8. The van der Waals surface area contributed by atoms with Gasteiger partial charge in [0.15, 0.2) is 0 Å². The molecule has 0 fully saturated rings. The SMILES string of the molecule is Cc1cc2c3c(c1)-n1c4c(ccc(N(c5ccccc5)c5ccccc5)c4c4sc5cc(N(c6ccccc6)c6ccccc6)ccc5c41)B3c1ccc(C(C)(C)C)cc1N2c1cccc(C(C)(C)C)c1. The fraction of sp³-hybridized carbons (Fsp3) is 0.138. The van der Waals surface area contributed by atoms with Crippen LogP contribution in [0.3, 0.4) is 0 Å². The second kappa shape index (κ2) is 16.1. The van der Waals surface area contributed by atoms with Crippen LogP contribution in [0.25, 0.3) is 36.9 Å². The molecule has 0 spiro atoms. The van der Waals surface area contributed by atoms with Gasteiger partial charge in [-0.25, -0.2) is 0 Å². The number of anilines is 9. The zero-order chi connectivity index (χ0) is 48.3. The van der Waals surface area contributed by atoms with E-state index in [0.717, 1.165) is 28.4 Å². The van der Waals surface area contributed by atoms with E-state index in [0.29, 0.717) is 0 Å². The predicted octanol–water partition coefficient (Wildman–Crippen LogP) is 16.5. The Kier molecular flexibility index (Phi) is 9.82. The molecule has 344 valence electrons. The number of aryl methyl sites for hydroxylation is 1. The van der Waals surface area contributed by atoms with Crippen molar-refractivity contribution >= 4 is 117 Å². The number of para-hydroxylation sites is 4. The first-order valence-corrected chi connectivity index (χ1v) is 25.8. The van der Waals surface area contributed by atoms with Crippen molar-refractivity contribution in [3.05, 3.63) is 223 Å². The quantitative estimate of drug-likeness (QED) is 0.148. The molecule has 6 heteroatoms. The second-order valence-corrected chi connectivity index (χ2v) is 22.6. The molecule has 2 aliphatic heterocycles. The highest BCUT2D eigenvalue weighted by atomic mass is 32.1. The molecule has 4 heterocycles. The summed E-state index contributed by atoms with van der Waals surface area (Å²) in [6, 6.07) is 76.8. The molecule has 0 amide bonds. The first-order chi connectivity index (χ1) is 34.4. The molecule has 9 aromatic carbocycles. The lowest BCUT2D eigenvalue weighted by molar-refractivity contribution is 0.590. The molecule has 2 aliphatic rings. The van der Waals surface area contributed by atoms with Gasteiger partial charge in [0.1, 0.15) is 0 Å². The molecular weight excluding hydrogens is 880 g/mol. The molecule has 2 aromatic heterocycles. The van der Waals surface area contributed by atoms with E-state index in [1.54, 1.807) is 0 Å².